The summed E-state index contributed by atoms with van der Waals surface area (Å²) >= 11 is 1.45. The summed E-state index contributed by atoms with van der Waals surface area (Å²) in [5.74, 6) is 0.828. The van der Waals surface area contributed by atoms with Gasteiger partial charge in [0.05, 0.1) is 22.2 Å². The summed E-state index contributed by atoms with van der Waals surface area (Å²) in [6.07, 6.45) is 0.613. The number of aromatic nitrogens is 4. The molecule has 0 spiro atoms. The lowest BCUT2D eigenvalue weighted by Gasteiger charge is -2.21. The topological polar surface area (TPSA) is 95.9 Å². The number of nitrogens with one attached hydrogen (secondary N) is 2. The Bertz CT molecular complexity index is 1040. The number of rotatable bonds is 6. The van der Waals surface area contributed by atoms with Crippen molar-refractivity contribution in [2.45, 2.75) is 38.9 Å². The third kappa shape index (κ3) is 4.87. The van der Waals surface area contributed by atoms with Gasteiger partial charge in [-0.2, -0.15) is 18.2 Å². The largest absolute Gasteiger partial charge is 0.405 e. The number of hydrogen-bond donors (Lipinski definition) is 3. The Morgan fingerprint density at radius 1 is 1.23 bits per heavy atom. The van der Waals surface area contributed by atoms with Crippen molar-refractivity contribution >= 4 is 33.3 Å². The lowest BCUT2D eigenvalue weighted by Crippen LogP contribution is -2.25. The molecule has 3 atom stereocenters. The van der Waals surface area contributed by atoms with E-state index in [1.165, 1.54) is 11.3 Å². The maximum absolute atomic E-state index is 12.7. The molecular formula is C20H23F3N6OS. The van der Waals surface area contributed by atoms with Crippen LogP contribution in [0.2, 0.25) is 0 Å². The van der Waals surface area contributed by atoms with Gasteiger partial charge in [0, 0.05) is 18.8 Å². The first-order valence-electron chi connectivity index (χ1n) is 10.0. The molecule has 3 heterocycles. The number of pyridine rings is 1. The summed E-state index contributed by atoms with van der Waals surface area (Å²) in [4.78, 5) is 17.4. The Morgan fingerprint density at radius 3 is 2.71 bits per heavy atom. The number of hydrogen-bond acceptors (Lipinski definition) is 8. The number of aliphatic hydroxyl groups excluding tert-OH is 1. The molecule has 0 aliphatic heterocycles. The normalized spacial score (nSPS) is 21.5. The quantitative estimate of drug-likeness (QED) is 0.515. The number of halogens is 3. The van der Waals surface area contributed by atoms with Gasteiger partial charge in [0.2, 0.25) is 5.95 Å². The van der Waals surface area contributed by atoms with Gasteiger partial charge >= 0.3 is 6.18 Å². The SMILES string of the molecule is Cc1nc(NCC(F)(F)F)nc(N[C@@H]2CC(CO)CC2C)c1-c1nc2cnccc2s1. The number of alkyl halides is 3. The maximum Gasteiger partial charge on any atom is 0.405 e. The molecule has 3 aromatic heterocycles. The fourth-order valence-electron chi connectivity index (χ4n) is 3.98. The van der Waals surface area contributed by atoms with E-state index in [0.717, 1.165) is 23.1 Å². The van der Waals surface area contributed by atoms with Crippen molar-refractivity contribution in [2.75, 3.05) is 23.8 Å². The molecule has 7 nitrogen and oxygen atoms in total. The average Bonchev–Trinajstić information content (AvgIpc) is 3.28. The Balaban J connectivity index is 1.73. The summed E-state index contributed by atoms with van der Waals surface area (Å²) in [6.45, 7) is 2.72. The highest BCUT2D eigenvalue weighted by atomic mass is 32.1. The van der Waals surface area contributed by atoms with Crippen molar-refractivity contribution < 1.29 is 18.3 Å². The molecule has 0 amide bonds. The van der Waals surface area contributed by atoms with E-state index < -0.39 is 12.7 Å². The smallest absolute Gasteiger partial charge is 0.396 e. The lowest BCUT2D eigenvalue weighted by atomic mass is 10.1. The van der Waals surface area contributed by atoms with E-state index in [2.05, 4.69) is 37.5 Å². The van der Waals surface area contributed by atoms with Crippen molar-refractivity contribution in [3.05, 3.63) is 24.2 Å². The molecule has 1 aliphatic rings. The molecule has 4 rings (SSSR count). The van der Waals surface area contributed by atoms with Gasteiger partial charge in [0.15, 0.2) is 0 Å². The summed E-state index contributed by atoms with van der Waals surface area (Å²) in [5, 5.41) is 15.9. The van der Waals surface area contributed by atoms with E-state index >= 15 is 0 Å². The molecule has 2 unspecified atom stereocenters. The molecule has 0 aromatic carbocycles. The van der Waals surface area contributed by atoms with Crippen LogP contribution >= 0.6 is 11.3 Å². The maximum atomic E-state index is 12.7. The van der Waals surface area contributed by atoms with E-state index in [0.29, 0.717) is 22.1 Å². The molecule has 1 fully saturated rings. The summed E-state index contributed by atoms with van der Waals surface area (Å²) in [7, 11) is 0. The number of aryl methyl sites for hydroxylation is 1. The second kappa shape index (κ2) is 8.54. The minimum atomic E-state index is -4.38. The highest BCUT2D eigenvalue weighted by Gasteiger charge is 2.32. The van der Waals surface area contributed by atoms with Gasteiger partial charge in [0.25, 0.3) is 0 Å². The van der Waals surface area contributed by atoms with E-state index in [1.54, 1.807) is 19.3 Å². The molecule has 0 radical (unpaired) electrons. The van der Waals surface area contributed by atoms with Gasteiger partial charge in [-0.1, -0.05) is 6.92 Å². The summed E-state index contributed by atoms with van der Waals surface area (Å²) < 4.78 is 39.0. The lowest BCUT2D eigenvalue weighted by molar-refractivity contribution is -0.115. The summed E-state index contributed by atoms with van der Waals surface area (Å²) in [6, 6.07) is 1.90. The molecule has 1 saturated carbocycles. The Kier molecular flexibility index (Phi) is 5.98. The fraction of sp³-hybridized carbons (Fsp3) is 0.500. The molecule has 3 N–H and O–H groups in total. The van der Waals surface area contributed by atoms with E-state index in [1.807, 2.05) is 6.07 Å². The number of thiazole rings is 1. The molecular weight excluding hydrogens is 429 g/mol. The third-order valence-corrected chi connectivity index (χ3v) is 6.55. The van der Waals surface area contributed by atoms with Crippen molar-refractivity contribution in [3.63, 3.8) is 0 Å². The highest BCUT2D eigenvalue weighted by Crippen LogP contribution is 2.39. The molecule has 3 aromatic rings. The first kappa shape index (κ1) is 21.7. The van der Waals surface area contributed by atoms with Gasteiger partial charge in [-0.15, -0.1) is 11.3 Å². The summed E-state index contributed by atoms with van der Waals surface area (Å²) in [5.41, 5.74) is 1.93. The van der Waals surface area contributed by atoms with Gasteiger partial charge in [0.1, 0.15) is 22.9 Å². The van der Waals surface area contributed by atoms with Crippen molar-refractivity contribution in [2.24, 2.45) is 11.8 Å². The van der Waals surface area contributed by atoms with Gasteiger partial charge < -0.3 is 15.7 Å². The average molecular weight is 453 g/mol. The minimum absolute atomic E-state index is 0.0386. The predicted octanol–water partition coefficient (Wildman–Crippen LogP) is 4.25. The molecule has 11 heteroatoms. The zero-order valence-corrected chi connectivity index (χ0v) is 17.9. The van der Waals surface area contributed by atoms with Crippen molar-refractivity contribution in [1.82, 2.24) is 19.9 Å². The van der Waals surface area contributed by atoms with Gasteiger partial charge in [-0.05, 0) is 37.7 Å². The number of anilines is 2. The zero-order chi connectivity index (χ0) is 22.2. The molecule has 0 saturated heterocycles. The second-order valence-electron chi connectivity index (χ2n) is 7.94. The van der Waals surface area contributed by atoms with Crippen LogP contribution in [0.25, 0.3) is 20.8 Å². The zero-order valence-electron chi connectivity index (χ0n) is 17.1. The van der Waals surface area contributed by atoms with E-state index in [-0.39, 0.29) is 30.4 Å². The molecule has 1 aliphatic carbocycles. The standard InChI is InChI=1S/C20H23F3N6OS/c1-10-5-12(8-30)6-13(10)27-17-16(18-28-14-7-24-4-3-15(14)31-18)11(2)26-19(29-17)25-9-20(21,22)23/h3-4,7,10,12-13,30H,5-6,8-9H2,1-2H3,(H2,25,26,27,29)/t10?,12?,13-/m1/s1. The molecule has 0 bridgehead atoms. The predicted molar refractivity (Wildman–Crippen MR) is 114 cm³/mol. The fourth-order valence-corrected chi connectivity index (χ4v) is 5.01. The van der Waals surface area contributed by atoms with Crippen LogP contribution in [0.15, 0.2) is 18.5 Å². The first-order chi connectivity index (χ1) is 14.7. The van der Waals surface area contributed by atoms with Crippen LogP contribution in [-0.4, -0.2) is 50.4 Å². The monoisotopic (exact) mass is 452 g/mol. The Labute approximate surface area is 181 Å². The van der Waals surface area contributed by atoms with Crippen LogP contribution in [0.5, 0.6) is 0 Å². The van der Waals surface area contributed by atoms with E-state index in [4.69, 9.17) is 0 Å². The van der Waals surface area contributed by atoms with Gasteiger partial charge in [-0.25, -0.2) is 9.97 Å². The van der Waals surface area contributed by atoms with Crippen LogP contribution in [0.1, 0.15) is 25.5 Å². The van der Waals surface area contributed by atoms with E-state index in [9.17, 15) is 18.3 Å². The first-order valence-corrected chi connectivity index (χ1v) is 10.8. The van der Waals surface area contributed by atoms with Crippen LogP contribution in [0, 0.1) is 18.8 Å². The van der Waals surface area contributed by atoms with Gasteiger partial charge in [-0.3, -0.25) is 4.98 Å². The molecule has 166 valence electrons. The highest BCUT2D eigenvalue weighted by molar-refractivity contribution is 7.21. The minimum Gasteiger partial charge on any atom is -0.396 e. The van der Waals surface area contributed by atoms with Crippen LogP contribution in [0.4, 0.5) is 24.9 Å². The van der Waals surface area contributed by atoms with Crippen LogP contribution in [-0.2, 0) is 0 Å². The molecule has 31 heavy (non-hydrogen) atoms. The second-order valence-corrected chi connectivity index (χ2v) is 8.97. The number of aliphatic hydroxyl groups is 1. The Hall–Kier alpha value is -2.53. The number of fused-ring (bicyclic) bond motifs is 1. The van der Waals surface area contributed by atoms with Crippen molar-refractivity contribution in [3.8, 4) is 10.6 Å². The number of nitrogens with zero attached hydrogens (tertiary/aromatic N) is 4. The van der Waals surface area contributed by atoms with Crippen LogP contribution < -0.4 is 10.6 Å². The third-order valence-electron chi connectivity index (χ3n) is 5.50. The van der Waals surface area contributed by atoms with Crippen LogP contribution in [0.3, 0.4) is 0 Å². The Morgan fingerprint density at radius 2 is 2.03 bits per heavy atom. The van der Waals surface area contributed by atoms with Crippen molar-refractivity contribution in [1.29, 1.82) is 0 Å².